The highest BCUT2D eigenvalue weighted by Gasteiger charge is 2.16. The summed E-state index contributed by atoms with van der Waals surface area (Å²) in [6, 6.07) is 0.126. The van der Waals surface area contributed by atoms with Crippen molar-refractivity contribution in [3.63, 3.8) is 0 Å². The van der Waals surface area contributed by atoms with Crippen molar-refractivity contribution in [3.05, 3.63) is 15.6 Å². The summed E-state index contributed by atoms with van der Waals surface area (Å²) in [5.74, 6) is 1.07. The Labute approximate surface area is 112 Å². The van der Waals surface area contributed by atoms with Gasteiger partial charge in [-0.1, -0.05) is 19.3 Å². The molecule has 4 heteroatoms. The first-order valence-electron chi connectivity index (χ1n) is 6.50. The second-order valence-corrected chi connectivity index (χ2v) is 7.32. The number of thiazole rings is 1. The lowest BCUT2D eigenvalue weighted by atomic mass is 10.0. The second-order valence-electron chi connectivity index (χ2n) is 4.92. The van der Waals surface area contributed by atoms with Crippen LogP contribution in [0.15, 0.2) is 0 Å². The number of nitrogens with zero attached hydrogens (tertiary/aromatic N) is 1. The number of hydrogen-bond donors (Lipinski definition) is 1. The lowest BCUT2D eigenvalue weighted by Crippen LogP contribution is -2.08. The maximum atomic E-state index is 5.93. The molecule has 17 heavy (non-hydrogen) atoms. The molecule has 0 amide bonds. The van der Waals surface area contributed by atoms with Gasteiger partial charge < -0.3 is 5.73 Å². The van der Waals surface area contributed by atoms with Crippen molar-refractivity contribution >= 4 is 23.1 Å². The van der Waals surface area contributed by atoms with Crippen LogP contribution in [0.2, 0.25) is 0 Å². The number of aromatic nitrogens is 1. The van der Waals surface area contributed by atoms with Crippen LogP contribution >= 0.6 is 23.1 Å². The first kappa shape index (κ1) is 13.4. The summed E-state index contributed by atoms with van der Waals surface area (Å²) in [5.41, 5.74) is 7.06. The van der Waals surface area contributed by atoms with Crippen molar-refractivity contribution < 1.29 is 0 Å². The SMILES string of the molecule is Cc1nc(CSC2CCCCC2)sc1C(C)N. The average molecular weight is 270 g/mol. The Balaban J connectivity index is 1.88. The molecule has 0 spiro atoms. The summed E-state index contributed by atoms with van der Waals surface area (Å²) in [7, 11) is 0. The van der Waals surface area contributed by atoms with Crippen LogP contribution in [0.4, 0.5) is 0 Å². The van der Waals surface area contributed by atoms with Gasteiger partial charge in [-0.2, -0.15) is 11.8 Å². The fraction of sp³-hybridized carbons (Fsp3) is 0.769. The first-order chi connectivity index (χ1) is 8.16. The van der Waals surface area contributed by atoms with Gasteiger partial charge in [0.2, 0.25) is 0 Å². The van der Waals surface area contributed by atoms with Crippen molar-refractivity contribution in [1.29, 1.82) is 0 Å². The van der Waals surface area contributed by atoms with Crippen LogP contribution < -0.4 is 5.73 Å². The molecule has 0 saturated heterocycles. The zero-order valence-corrected chi connectivity index (χ0v) is 12.4. The van der Waals surface area contributed by atoms with E-state index in [1.165, 1.54) is 42.0 Å². The van der Waals surface area contributed by atoms with Crippen molar-refractivity contribution in [2.45, 2.75) is 63.0 Å². The third-order valence-electron chi connectivity index (χ3n) is 3.29. The van der Waals surface area contributed by atoms with E-state index >= 15 is 0 Å². The Morgan fingerprint density at radius 3 is 2.71 bits per heavy atom. The van der Waals surface area contributed by atoms with E-state index in [9.17, 15) is 0 Å². The summed E-state index contributed by atoms with van der Waals surface area (Å²) < 4.78 is 0. The topological polar surface area (TPSA) is 38.9 Å². The number of nitrogens with two attached hydrogens (primary N) is 1. The molecular formula is C13H22N2S2. The quantitative estimate of drug-likeness (QED) is 0.897. The minimum atomic E-state index is 0.126. The molecule has 0 bridgehead atoms. The van der Waals surface area contributed by atoms with E-state index in [1.54, 1.807) is 11.3 Å². The molecule has 1 atom stereocenters. The molecule has 1 fully saturated rings. The Hall–Kier alpha value is -0.0600. The van der Waals surface area contributed by atoms with Crippen LogP contribution in [-0.4, -0.2) is 10.2 Å². The average Bonchev–Trinajstić information content (AvgIpc) is 2.69. The van der Waals surface area contributed by atoms with Gasteiger partial charge in [-0.3, -0.25) is 0 Å². The van der Waals surface area contributed by atoms with Gasteiger partial charge in [0.15, 0.2) is 0 Å². The minimum absolute atomic E-state index is 0.126. The summed E-state index contributed by atoms with van der Waals surface area (Å²) >= 11 is 3.89. The number of hydrogen-bond acceptors (Lipinski definition) is 4. The largest absolute Gasteiger partial charge is 0.323 e. The maximum absolute atomic E-state index is 5.93. The lowest BCUT2D eigenvalue weighted by molar-refractivity contribution is 0.516. The lowest BCUT2D eigenvalue weighted by Gasteiger charge is -2.20. The van der Waals surface area contributed by atoms with Gasteiger partial charge in [0.1, 0.15) is 5.01 Å². The molecule has 2 N–H and O–H groups in total. The van der Waals surface area contributed by atoms with E-state index in [0.29, 0.717) is 0 Å². The molecule has 1 heterocycles. The molecule has 1 aliphatic rings. The second kappa shape index (κ2) is 6.21. The monoisotopic (exact) mass is 270 g/mol. The van der Waals surface area contributed by atoms with E-state index in [4.69, 9.17) is 5.73 Å². The van der Waals surface area contributed by atoms with Crippen molar-refractivity contribution in [1.82, 2.24) is 4.98 Å². The van der Waals surface area contributed by atoms with Crippen LogP contribution in [0.3, 0.4) is 0 Å². The first-order valence-corrected chi connectivity index (χ1v) is 8.36. The Morgan fingerprint density at radius 1 is 1.41 bits per heavy atom. The maximum Gasteiger partial charge on any atom is 0.103 e. The van der Waals surface area contributed by atoms with Crippen LogP contribution in [0.25, 0.3) is 0 Å². The molecule has 0 aromatic carbocycles. The highest BCUT2D eigenvalue weighted by Crippen LogP contribution is 2.32. The summed E-state index contributed by atoms with van der Waals surface area (Å²) in [4.78, 5) is 5.89. The zero-order valence-electron chi connectivity index (χ0n) is 10.7. The van der Waals surface area contributed by atoms with E-state index < -0.39 is 0 Å². The summed E-state index contributed by atoms with van der Waals surface area (Å²) in [6.45, 7) is 4.11. The van der Waals surface area contributed by atoms with Crippen LogP contribution in [0, 0.1) is 6.92 Å². The molecule has 2 rings (SSSR count). The third kappa shape index (κ3) is 3.70. The van der Waals surface area contributed by atoms with Crippen LogP contribution in [0.1, 0.15) is 60.6 Å². The smallest absolute Gasteiger partial charge is 0.103 e. The molecule has 1 aromatic heterocycles. The highest BCUT2D eigenvalue weighted by molar-refractivity contribution is 7.99. The van der Waals surface area contributed by atoms with E-state index in [0.717, 1.165) is 16.7 Å². The Kier molecular flexibility index (Phi) is 4.88. The van der Waals surface area contributed by atoms with Crippen molar-refractivity contribution in [2.75, 3.05) is 0 Å². The Morgan fingerprint density at radius 2 is 2.12 bits per heavy atom. The van der Waals surface area contributed by atoms with Gasteiger partial charge in [0.25, 0.3) is 0 Å². The fourth-order valence-electron chi connectivity index (χ4n) is 2.37. The predicted molar refractivity (Wildman–Crippen MR) is 77.6 cm³/mol. The number of aryl methyl sites for hydroxylation is 1. The van der Waals surface area contributed by atoms with Gasteiger partial charge in [-0.25, -0.2) is 4.98 Å². The summed E-state index contributed by atoms with van der Waals surface area (Å²) in [5, 5.41) is 2.12. The molecule has 0 radical (unpaired) electrons. The third-order valence-corrected chi connectivity index (χ3v) is 6.21. The van der Waals surface area contributed by atoms with E-state index in [1.807, 2.05) is 6.92 Å². The molecule has 1 aliphatic carbocycles. The van der Waals surface area contributed by atoms with Gasteiger partial charge >= 0.3 is 0 Å². The molecule has 1 unspecified atom stereocenters. The van der Waals surface area contributed by atoms with Gasteiger partial charge in [-0.05, 0) is 26.7 Å². The van der Waals surface area contributed by atoms with E-state index in [-0.39, 0.29) is 6.04 Å². The van der Waals surface area contributed by atoms with Gasteiger partial charge in [0.05, 0.1) is 5.69 Å². The molecule has 0 aliphatic heterocycles. The van der Waals surface area contributed by atoms with Crippen LogP contribution in [-0.2, 0) is 5.75 Å². The number of thioether (sulfide) groups is 1. The summed E-state index contributed by atoms with van der Waals surface area (Å²) in [6.07, 6.45) is 7.06. The number of rotatable bonds is 4. The molecule has 1 aromatic rings. The molecule has 2 nitrogen and oxygen atoms in total. The minimum Gasteiger partial charge on any atom is -0.323 e. The molecule has 1 saturated carbocycles. The molecular weight excluding hydrogens is 248 g/mol. The normalized spacial score (nSPS) is 19.5. The van der Waals surface area contributed by atoms with Crippen molar-refractivity contribution in [2.24, 2.45) is 5.73 Å². The van der Waals surface area contributed by atoms with Crippen molar-refractivity contribution in [3.8, 4) is 0 Å². The molecule has 96 valence electrons. The van der Waals surface area contributed by atoms with E-state index in [2.05, 4.69) is 23.7 Å². The highest BCUT2D eigenvalue weighted by atomic mass is 32.2. The standard InChI is InChI=1S/C13H22N2S2/c1-9(14)13-10(2)15-12(17-13)8-16-11-6-4-3-5-7-11/h9,11H,3-8,14H2,1-2H3. The van der Waals surface area contributed by atoms with Gasteiger partial charge in [-0.15, -0.1) is 11.3 Å². The van der Waals surface area contributed by atoms with Gasteiger partial charge in [0, 0.05) is 21.9 Å². The van der Waals surface area contributed by atoms with Crippen LogP contribution in [0.5, 0.6) is 0 Å². The Bertz CT molecular complexity index is 354. The predicted octanol–water partition coefficient (Wildman–Crippen LogP) is 4.04. The fourth-order valence-corrected chi connectivity index (χ4v) is 4.74. The zero-order chi connectivity index (χ0) is 12.3.